The molecule has 0 radical (unpaired) electrons. The average Bonchev–Trinajstić information content (AvgIpc) is 3.60. The largest absolute Gasteiger partial charge is 0.483 e. The number of nitrogens with two attached hydrogens (primary N) is 1. The van der Waals surface area contributed by atoms with Crippen molar-refractivity contribution in [2.75, 3.05) is 18.5 Å². The number of nitrogens with zero attached hydrogens (tertiary/aromatic N) is 1. The summed E-state index contributed by atoms with van der Waals surface area (Å²) in [6.07, 6.45) is 5.17. The lowest BCUT2D eigenvalue weighted by Gasteiger charge is -2.17. The summed E-state index contributed by atoms with van der Waals surface area (Å²) >= 11 is 1.38. The van der Waals surface area contributed by atoms with Crippen LogP contribution in [0.5, 0.6) is 0 Å². The average molecular weight is 540 g/mol. The SMILES string of the molecule is C=CCCC.N/C(=C\Nc1c(F)cccc1F)CNC(=O)C(Cc1cscn1)NC(=O)C1CO1.O=CO. The molecule has 10 nitrogen and oxygen atoms in total. The molecule has 2 atom stereocenters. The van der Waals surface area contributed by atoms with Crippen LogP contribution in [0.15, 0.2) is 53.6 Å². The molecule has 2 heterocycles. The summed E-state index contributed by atoms with van der Waals surface area (Å²) in [5.41, 5.74) is 7.86. The van der Waals surface area contributed by atoms with Crippen molar-refractivity contribution < 1.29 is 33.0 Å². The van der Waals surface area contributed by atoms with Crippen LogP contribution in [0.3, 0.4) is 0 Å². The maximum atomic E-state index is 13.6. The second kappa shape index (κ2) is 17.6. The Morgan fingerprint density at radius 2 is 2.03 bits per heavy atom. The third-order valence-electron chi connectivity index (χ3n) is 4.48. The van der Waals surface area contributed by atoms with Gasteiger partial charge in [0.15, 0.2) is 6.10 Å². The van der Waals surface area contributed by atoms with Crippen molar-refractivity contribution in [3.63, 3.8) is 0 Å². The number of allylic oxidation sites excluding steroid dienone is 1. The number of unbranched alkanes of at least 4 members (excludes halogenated alkanes) is 1. The first-order valence-electron chi connectivity index (χ1n) is 11.2. The molecule has 13 heteroatoms. The lowest BCUT2D eigenvalue weighted by Crippen LogP contribution is -2.50. The van der Waals surface area contributed by atoms with E-state index in [2.05, 4.69) is 34.4 Å². The van der Waals surface area contributed by atoms with Crippen LogP contribution in [0.25, 0.3) is 0 Å². The zero-order valence-corrected chi connectivity index (χ0v) is 21.1. The Balaban J connectivity index is 0.000000751. The molecule has 1 aliphatic heterocycles. The van der Waals surface area contributed by atoms with Gasteiger partial charge in [0, 0.05) is 23.7 Å². The van der Waals surface area contributed by atoms with Gasteiger partial charge >= 0.3 is 0 Å². The number of amides is 2. The van der Waals surface area contributed by atoms with Crippen LogP contribution in [0.1, 0.15) is 25.5 Å². The fourth-order valence-corrected chi connectivity index (χ4v) is 3.16. The van der Waals surface area contributed by atoms with Gasteiger partial charge in [-0.05, 0) is 18.6 Å². The molecule has 1 fully saturated rings. The molecule has 2 aromatic rings. The minimum absolute atomic E-state index is 0.0920. The summed E-state index contributed by atoms with van der Waals surface area (Å²) < 4.78 is 32.1. The number of carboxylic acid groups (broad SMARTS) is 1. The predicted octanol–water partition coefficient (Wildman–Crippen LogP) is 2.55. The molecule has 202 valence electrons. The maximum absolute atomic E-state index is 13.6. The molecular formula is C24H31F2N5O5S. The number of hydrogen-bond donors (Lipinski definition) is 5. The first-order valence-corrected chi connectivity index (χ1v) is 12.1. The predicted molar refractivity (Wildman–Crippen MR) is 137 cm³/mol. The van der Waals surface area contributed by atoms with Crippen molar-refractivity contribution in [1.29, 1.82) is 0 Å². The Labute approximate surface area is 217 Å². The number of carbonyl (C=O) groups excluding carboxylic acids is 2. The Hall–Kier alpha value is -3.84. The molecule has 2 unspecified atom stereocenters. The highest BCUT2D eigenvalue weighted by Gasteiger charge is 2.34. The van der Waals surface area contributed by atoms with Gasteiger partial charge < -0.3 is 31.5 Å². The van der Waals surface area contributed by atoms with Crippen molar-refractivity contribution in [3.05, 3.63) is 71.0 Å². The molecule has 37 heavy (non-hydrogen) atoms. The molecule has 1 aliphatic rings. The van der Waals surface area contributed by atoms with Gasteiger partial charge in [-0.25, -0.2) is 13.8 Å². The molecule has 0 saturated carbocycles. The van der Waals surface area contributed by atoms with Crippen molar-refractivity contribution >= 4 is 35.3 Å². The monoisotopic (exact) mass is 539 g/mol. The zero-order valence-electron chi connectivity index (χ0n) is 20.3. The minimum atomic E-state index is -0.862. The Bertz CT molecular complexity index is 1010. The number of benzene rings is 1. The topological polar surface area (TPSA) is 159 Å². The molecule has 2 amide bonds. The molecule has 1 aromatic heterocycles. The highest BCUT2D eigenvalue weighted by atomic mass is 32.1. The summed E-state index contributed by atoms with van der Waals surface area (Å²) in [6, 6.07) is 2.59. The number of thiazole rings is 1. The van der Waals surface area contributed by atoms with Crippen LogP contribution in [0.4, 0.5) is 14.5 Å². The highest BCUT2D eigenvalue weighted by Crippen LogP contribution is 2.18. The lowest BCUT2D eigenvalue weighted by molar-refractivity contribution is -0.129. The second-order valence-corrected chi connectivity index (χ2v) is 8.15. The number of ether oxygens (including phenoxy) is 1. The van der Waals surface area contributed by atoms with E-state index in [0.29, 0.717) is 12.3 Å². The van der Waals surface area contributed by atoms with E-state index < -0.39 is 29.7 Å². The second-order valence-electron chi connectivity index (χ2n) is 7.43. The molecule has 3 rings (SSSR count). The van der Waals surface area contributed by atoms with E-state index >= 15 is 0 Å². The van der Waals surface area contributed by atoms with E-state index in [1.165, 1.54) is 30.0 Å². The maximum Gasteiger partial charge on any atom is 0.290 e. The van der Waals surface area contributed by atoms with Crippen LogP contribution in [0.2, 0.25) is 0 Å². The van der Waals surface area contributed by atoms with Crippen LogP contribution >= 0.6 is 11.3 Å². The Kier molecular flexibility index (Phi) is 14.8. The van der Waals surface area contributed by atoms with Crippen molar-refractivity contribution in [2.45, 2.75) is 38.3 Å². The van der Waals surface area contributed by atoms with Gasteiger partial charge in [0.05, 0.1) is 24.4 Å². The van der Waals surface area contributed by atoms with E-state index in [4.69, 9.17) is 20.4 Å². The number of rotatable bonds is 11. The van der Waals surface area contributed by atoms with Crippen molar-refractivity contribution in [1.82, 2.24) is 15.6 Å². The van der Waals surface area contributed by atoms with Gasteiger partial charge in [-0.15, -0.1) is 17.9 Å². The number of carbonyl (C=O) groups is 3. The number of nitrogens with one attached hydrogen (secondary N) is 3. The van der Waals surface area contributed by atoms with Crippen LogP contribution < -0.4 is 21.7 Å². The summed E-state index contributed by atoms with van der Waals surface area (Å²) in [5.74, 6) is -2.39. The van der Waals surface area contributed by atoms with Gasteiger partial charge in [-0.3, -0.25) is 14.4 Å². The normalized spacial score (nSPS) is 14.5. The third kappa shape index (κ3) is 12.6. The number of hydrogen-bond acceptors (Lipinski definition) is 8. The number of anilines is 1. The summed E-state index contributed by atoms with van der Waals surface area (Å²) in [4.78, 5) is 37.0. The van der Waals surface area contributed by atoms with Crippen molar-refractivity contribution in [3.8, 4) is 0 Å². The minimum Gasteiger partial charge on any atom is -0.483 e. The standard InChI is InChI=1S/C18H19F2N5O3S.C5H10.CH2O2/c19-12-2-1-3-13(20)16(12)22-5-10(21)6-23-17(26)14(4-11-8-29-9-24-11)25-18(27)15-7-28-15;1-3-5-4-2;2-1-3/h1-3,5,8-9,14-15,22H,4,6-7,21H2,(H,23,26)(H,25,27);3H,1,4-5H2,2H3;1H,(H,2,3)/b10-5-;;. The number of aromatic nitrogens is 1. The fraction of sp³-hybridized carbons (Fsp3) is 0.333. The van der Waals surface area contributed by atoms with E-state index in [1.807, 2.05) is 6.08 Å². The first kappa shape index (κ1) is 31.2. The lowest BCUT2D eigenvalue weighted by atomic mass is 10.1. The summed E-state index contributed by atoms with van der Waals surface area (Å²) in [6.45, 7) is 5.67. The fourth-order valence-electron chi connectivity index (χ4n) is 2.59. The zero-order chi connectivity index (χ0) is 27.6. The van der Waals surface area contributed by atoms with Gasteiger partial charge in [0.2, 0.25) is 5.91 Å². The van der Waals surface area contributed by atoms with Crippen LogP contribution in [-0.4, -0.2) is 53.7 Å². The van der Waals surface area contributed by atoms with Crippen LogP contribution in [0, 0.1) is 11.6 Å². The number of para-hydroxylation sites is 1. The quantitative estimate of drug-likeness (QED) is 0.166. The molecule has 0 spiro atoms. The number of halogens is 2. The summed E-state index contributed by atoms with van der Waals surface area (Å²) in [7, 11) is 0. The Morgan fingerprint density at radius 1 is 1.38 bits per heavy atom. The van der Waals surface area contributed by atoms with E-state index in [0.717, 1.165) is 18.6 Å². The molecule has 1 saturated heterocycles. The van der Waals surface area contributed by atoms with Crippen molar-refractivity contribution in [2.24, 2.45) is 5.73 Å². The molecular weight excluding hydrogens is 508 g/mol. The van der Waals surface area contributed by atoms with Gasteiger partial charge in [-0.2, -0.15) is 0 Å². The molecule has 1 aromatic carbocycles. The van der Waals surface area contributed by atoms with E-state index in [1.54, 1.807) is 10.9 Å². The smallest absolute Gasteiger partial charge is 0.290 e. The number of epoxide rings is 1. The van der Waals surface area contributed by atoms with E-state index in [-0.39, 0.29) is 36.7 Å². The molecule has 0 bridgehead atoms. The van der Waals surface area contributed by atoms with Gasteiger partial charge in [0.25, 0.3) is 12.4 Å². The first-order chi connectivity index (χ1) is 17.8. The molecule has 0 aliphatic carbocycles. The molecule has 6 N–H and O–H groups in total. The third-order valence-corrected chi connectivity index (χ3v) is 5.11. The van der Waals surface area contributed by atoms with Gasteiger partial charge in [-0.1, -0.05) is 25.5 Å². The van der Waals surface area contributed by atoms with Gasteiger partial charge in [0.1, 0.15) is 23.4 Å². The Morgan fingerprint density at radius 3 is 2.51 bits per heavy atom. The van der Waals surface area contributed by atoms with E-state index in [9.17, 15) is 18.4 Å². The van der Waals surface area contributed by atoms with Crippen LogP contribution in [-0.2, 0) is 25.5 Å². The summed E-state index contributed by atoms with van der Waals surface area (Å²) in [5, 5.41) is 16.3. The highest BCUT2D eigenvalue weighted by molar-refractivity contribution is 7.07.